The maximum absolute atomic E-state index is 6.58. The fourth-order valence-electron chi connectivity index (χ4n) is 3.68. The molecule has 1 aliphatic rings. The normalized spacial score (nSPS) is 15.6. The summed E-state index contributed by atoms with van der Waals surface area (Å²) in [4.78, 5) is 1.20. The molecule has 4 aromatic rings. The van der Waals surface area contributed by atoms with E-state index in [-0.39, 0.29) is 5.04 Å². The van der Waals surface area contributed by atoms with Gasteiger partial charge >= 0.3 is 0 Å². The highest BCUT2D eigenvalue weighted by Gasteiger charge is 2.39. The molecule has 3 aromatic carbocycles. The van der Waals surface area contributed by atoms with Crippen molar-refractivity contribution in [2.24, 2.45) is 0 Å². The zero-order chi connectivity index (χ0) is 22.5. The SMILES string of the molecule is CC(C)(C)[Si](C)(C)Oc1ccc2c3c(sc2c1)-c1ccccc1OC3Oc1ccccc1. The van der Waals surface area contributed by atoms with Gasteiger partial charge in [-0.15, -0.1) is 11.3 Å². The third kappa shape index (κ3) is 3.69. The van der Waals surface area contributed by atoms with E-state index in [9.17, 15) is 0 Å². The van der Waals surface area contributed by atoms with E-state index in [0.29, 0.717) is 0 Å². The van der Waals surface area contributed by atoms with Crippen molar-refractivity contribution in [2.75, 3.05) is 0 Å². The second-order valence-electron chi connectivity index (χ2n) is 9.74. The van der Waals surface area contributed by atoms with Crippen molar-refractivity contribution in [3.05, 3.63) is 78.4 Å². The molecule has 1 unspecified atom stereocenters. The van der Waals surface area contributed by atoms with Crippen LogP contribution in [0.15, 0.2) is 72.8 Å². The standard InChI is InChI=1S/C27H28O3SSi/c1-27(2,3)32(4,5)30-19-15-16-21-23(17-19)31-25-20-13-9-10-14-22(20)29-26(24(21)25)28-18-11-7-6-8-12-18/h6-17,26H,1-5H3. The predicted octanol–water partition coefficient (Wildman–Crippen LogP) is 8.42. The molecule has 164 valence electrons. The van der Waals surface area contributed by atoms with Crippen LogP contribution in [0.4, 0.5) is 0 Å². The molecule has 0 N–H and O–H groups in total. The van der Waals surface area contributed by atoms with E-state index in [0.717, 1.165) is 33.8 Å². The van der Waals surface area contributed by atoms with Gasteiger partial charge in [0.15, 0.2) is 0 Å². The van der Waals surface area contributed by atoms with Crippen molar-refractivity contribution in [3.8, 4) is 27.7 Å². The van der Waals surface area contributed by atoms with Crippen LogP contribution in [0.2, 0.25) is 18.1 Å². The molecule has 1 aromatic heterocycles. The Morgan fingerprint density at radius 2 is 1.59 bits per heavy atom. The average molecular weight is 461 g/mol. The molecule has 0 radical (unpaired) electrons. The van der Waals surface area contributed by atoms with Crippen molar-refractivity contribution in [1.29, 1.82) is 0 Å². The Balaban J connectivity index is 1.60. The van der Waals surface area contributed by atoms with Crippen molar-refractivity contribution in [2.45, 2.75) is 45.2 Å². The van der Waals surface area contributed by atoms with Gasteiger partial charge < -0.3 is 13.9 Å². The highest BCUT2D eigenvalue weighted by molar-refractivity contribution is 7.22. The van der Waals surface area contributed by atoms with Crippen LogP contribution in [0.3, 0.4) is 0 Å². The second kappa shape index (κ2) is 7.68. The van der Waals surface area contributed by atoms with Gasteiger partial charge in [-0.05, 0) is 60.6 Å². The summed E-state index contributed by atoms with van der Waals surface area (Å²) in [5.74, 6) is 2.59. The summed E-state index contributed by atoms with van der Waals surface area (Å²) in [6, 6.07) is 24.5. The van der Waals surface area contributed by atoms with Crippen LogP contribution in [0.1, 0.15) is 32.6 Å². The summed E-state index contributed by atoms with van der Waals surface area (Å²) in [5.41, 5.74) is 2.20. The van der Waals surface area contributed by atoms with E-state index in [2.05, 4.69) is 64.2 Å². The van der Waals surface area contributed by atoms with Crippen molar-refractivity contribution >= 4 is 29.7 Å². The Bertz CT molecular complexity index is 1270. The Hall–Kier alpha value is -2.76. The largest absolute Gasteiger partial charge is 0.543 e. The summed E-state index contributed by atoms with van der Waals surface area (Å²) in [7, 11) is -1.91. The van der Waals surface area contributed by atoms with E-state index in [1.165, 1.54) is 9.58 Å². The molecule has 0 fully saturated rings. The first-order valence-corrected chi connectivity index (χ1v) is 14.7. The molecule has 1 atom stereocenters. The van der Waals surface area contributed by atoms with Crippen LogP contribution in [-0.4, -0.2) is 8.32 Å². The summed E-state index contributed by atoms with van der Waals surface area (Å²) in [6.07, 6.45) is -0.497. The fraction of sp³-hybridized carbons (Fsp3) is 0.259. The van der Waals surface area contributed by atoms with Crippen LogP contribution in [-0.2, 0) is 0 Å². The third-order valence-electron chi connectivity index (χ3n) is 6.47. The number of rotatable bonds is 4. The lowest BCUT2D eigenvalue weighted by Gasteiger charge is -2.36. The Labute approximate surface area is 194 Å². The summed E-state index contributed by atoms with van der Waals surface area (Å²) >= 11 is 1.78. The van der Waals surface area contributed by atoms with Crippen molar-refractivity contribution in [1.82, 2.24) is 0 Å². The molecule has 5 rings (SSSR count). The number of thiophene rings is 1. The van der Waals surface area contributed by atoms with E-state index >= 15 is 0 Å². The third-order valence-corrected chi connectivity index (χ3v) is 12.0. The summed E-state index contributed by atoms with van der Waals surface area (Å²) < 4.78 is 20.4. The maximum Gasteiger partial charge on any atom is 0.269 e. The van der Waals surface area contributed by atoms with Crippen LogP contribution in [0, 0.1) is 0 Å². The highest BCUT2D eigenvalue weighted by Crippen LogP contribution is 2.51. The van der Waals surface area contributed by atoms with Gasteiger partial charge in [-0.2, -0.15) is 0 Å². The molecule has 0 amide bonds. The lowest BCUT2D eigenvalue weighted by atomic mass is 10.0. The number of para-hydroxylation sites is 2. The van der Waals surface area contributed by atoms with Crippen molar-refractivity contribution in [3.63, 3.8) is 0 Å². The molecular weight excluding hydrogens is 432 g/mol. The van der Waals surface area contributed by atoms with Crippen LogP contribution in [0.5, 0.6) is 17.2 Å². The second-order valence-corrected chi connectivity index (χ2v) is 15.5. The first-order chi connectivity index (χ1) is 15.2. The fourth-order valence-corrected chi connectivity index (χ4v) is 5.98. The van der Waals surface area contributed by atoms with Crippen LogP contribution >= 0.6 is 11.3 Å². The number of hydrogen-bond acceptors (Lipinski definition) is 4. The Morgan fingerprint density at radius 3 is 2.34 bits per heavy atom. The molecule has 0 bridgehead atoms. The van der Waals surface area contributed by atoms with Gasteiger partial charge in [-0.25, -0.2) is 0 Å². The molecular formula is C27H28O3SSi. The Kier molecular flexibility index (Phi) is 5.06. The lowest BCUT2D eigenvalue weighted by Crippen LogP contribution is -2.43. The molecule has 2 heterocycles. The number of fused-ring (bicyclic) bond motifs is 5. The molecule has 0 saturated heterocycles. The van der Waals surface area contributed by atoms with Gasteiger partial charge in [0, 0.05) is 20.5 Å². The molecule has 5 heteroatoms. The molecule has 3 nitrogen and oxygen atoms in total. The van der Waals surface area contributed by atoms with Crippen LogP contribution in [0.25, 0.3) is 20.5 Å². The van der Waals surface area contributed by atoms with E-state index in [4.69, 9.17) is 13.9 Å². The molecule has 0 saturated carbocycles. The quantitative estimate of drug-likeness (QED) is 0.286. The lowest BCUT2D eigenvalue weighted by molar-refractivity contribution is 0.00346. The molecule has 0 spiro atoms. The highest BCUT2D eigenvalue weighted by atomic mass is 32.1. The van der Waals surface area contributed by atoms with Crippen LogP contribution < -0.4 is 13.9 Å². The minimum atomic E-state index is -1.91. The number of ether oxygens (including phenoxy) is 2. The molecule has 32 heavy (non-hydrogen) atoms. The van der Waals surface area contributed by atoms with E-state index in [1.54, 1.807) is 11.3 Å². The first kappa shape index (κ1) is 21.1. The van der Waals surface area contributed by atoms with Gasteiger partial charge in [0.1, 0.15) is 17.2 Å². The van der Waals surface area contributed by atoms with E-state index in [1.807, 2.05) is 42.5 Å². The van der Waals surface area contributed by atoms with E-state index < -0.39 is 14.6 Å². The van der Waals surface area contributed by atoms with Gasteiger partial charge in [-0.1, -0.05) is 51.1 Å². The smallest absolute Gasteiger partial charge is 0.269 e. The van der Waals surface area contributed by atoms with Gasteiger partial charge in [0.2, 0.25) is 8.32 Å². The zero-order valence-corrected chi connectivity index (χ0v) is 21.0. The Morgan fingerprint density at radius 1 is 0.875 bits per heavy atom. The minimum absolute atomic E-state index is 0.151. The van der Waals surface area contributed by atoms with Gasteiger partial charge in [0.25, 0.3) is 6.29 Å². The predicted molar refractivity (Wildman–Crippen MR) is 136 cm³/mol. The number of hydrogen-bond donors (Lipinski definition) is 0. The molecule has 1 aliphatic heterocycles. The minimum Gasteiger partial charge on any atom is -0.543 e. The zero-order valence-electron chi connectivity index (χ0n) is 19.1. The monoisotopic (exact) mass is 460 g/mol. The molecule has 0 aliphatic carbocycles. The summed E-state index contributed by atoms with van der Waals surface area (Å²) in [6.45, 7) is 11.4. The first-order valence-electron chi connectivity index (χ1n) is 11.0. The summed E-state index contributed by atoms with van der Waals surface area (Å²) in [5, 5.41) is 1.31. The van der Waals surface area contributed by atoms with Gasteiger partial charge in [0.05, 0.1) is 5.56 Å². The number of benzene rings is 3. The average Bonchev–Trinajstić information content (AvgIpc) is 3.13. The topological polar surface area (TPSA) is 27.7 Å². The van der Waals surface area contributed by atoms with Gasteiger partial charge in [-0.3, -0.25) is 0 Å². The maximum atomic E-state index is 6.58. The van der Waals surface area contributed by atoms with Crippen molar-refractivity contribution < 1.29 is 13.9 Å².